The van der Waals surface area contributed by atoms with Gasteiger partial charge in [0, 0.05) is 44.6 Å². The lowest BCUT2D eigenvalue weighted by atomic mass is 10.1. The molecule has 1 aliphatic heterocycles. The molecule has 0 fully saturated rings. The van der Waals surface area contributed by atoms with Crippen molar-refractivity contribution in [3.63, 3.8) is 0 Å². The number of aromatic nitrogens is 1. The van der Waals surface area contributed by atoms with Crippen LogP contribution in [0.4, 0.5) is 5.69 Å². The highest BCUT2D eigenvalue weighted by Gasteiger charge is 2.21. The highest BCUT2D eigenvalue weighted by Crippen LogP contribution is 2.39. The van der Waals surface area contributed by atoms with Crippen molar-refractivity contribution in [1.29, 1.82) is 0 Å². The SMILES string of the molecule is CC(C)N(C)CCCOc1ccc(-c2ncc(CNC(=O)c3ccc4c(c3)NC(=O)c3ccccc3S4)s2)cc1. The van der Waals surface area contributed by atoms with Crippen LogP contribution in [-0.4, -0.2) is 47.9 Å². The fraction of sp³-hybridized carbons (Fsp3) is 0.258. The van der Waals surface area contributed by atoms with Crippen LogP contribution in [0.25, 0.3) is 10.6 Å². The minimum atomic E-state index is -0.208. The molecule has 0 saturated heterocycles. The van der Waals surface area contributed by atoms with Gasteiger partial charge < -0.3 is 20.3 Å². The van der Waals surface area contributed by atoms with Crippen LogP contribution in [0.3, 0.4) is 0 Å². The molecule has 2 amide bonds. The van der Waals surface area contributed by atoms with Gasteiger partial charge in [-0.1, -0.05) is 23.9 Å². The number of nitrogens with one attached hydrogen (secondary N) is 2. The fourth-order valence-electron chi connectivity index (χ4n) is 4.16. The third-order valence-electron chi connectivity index (χ3n) is 6.72. The summed E-state index contributed by atoms with van der Waals surface area (Å²) in [5.41, 5.74) is 2.76. The van der Waals surface area contributed by atoms with Crippen molar-refractivity contribution in [2.75, 3.05) is 25.5 Å². The van der Waals surface area contributed by atoms with Crippen LogP contribution in [0.1, 0.15) is 45.9 Å². The van der Waals surface area contributed by atoms with Crippen molar-refractivity contribution in [3.8, 4) is 16.3 Å². The largest absolute Gasteiger partial charge is 0.494 e. The first-order valence-electron chi connectivity index (χ1n) is 13.3. The minimum absolute atomic E-state index is 0.175. The molecule has 0 atom stereocenters. The van der Waals surface area contributed by atoms with E-state index in [2.05, 4.69) is 41.4 Å². The van der Waals surface area contributed by atoms with Gasteiger partial charge in [0.1, 0.15) is 10.8 Å². The number of amides is 2. The Labute approximate surface area is 243 Å². The van der Waals surface area contributed by atoms with Crippen LogP contribution in [-0.2, 0) is 6.54 Å². The van der Waals surface area contributed by atoms with Gasteiger partial charge in [-0.25, -0.2) is 4.98 Å². The summed E-state index contributed by atoms with van der Waals surface area (Å²) in [6.07, 6.45) is 2.77. The van der Waals surface area contributed by atoms with Crippen molar-refractivity contribution in [1.82, 2.24) is 15.2 Å². The Balaban J connectivity index is 1.14. The normalized spacial score (nSPS) is 12.5. The summed E-state index contributed by atoms with van der Waals surface area (Å²) in [5.74, 6) is 0.463. The summed E-state index contributed by atoms with van der Waals surface area (Å²) >= 11 is 3.06. The summed E-state index contributed by atoms with van der Waals surface area (Å²) in [6.45, 7) is 6.43. The zero-order valence-corrected chi connectivity index (χ0v) is 24.4. The number of rotatable bonds is 10. The van der Waals surface area contributed by atoms with Crippen LogP contribution in [0.2, 0.25) is 0 Å². The van der Waals surface area contributed by atoms with Crippen molar-refractivity contribution in [2.24, 2.45) is 0 Å². The average Bonchev–Trinajstić information content (AvgIpc) is 3.38. The first kappa shape index (κ1) is 27.9. The van der Waals surface area contributed by atoms with Gasteiger partial charge in [0.05, 0.1) is 24.4 Å². The van der Waals surface area contributed by atoms with Gasteiger partial charge in [-0.3, -0.25) is 9.59 Å². The Kier molecular flexibility index (Phi) is 8.84. The van der Waals surface area contributed by atoms with Crippen LogP contribution < -0.4 is 15.4 Å². The molecular weight excluding hydrogens is 541 g/mol. The number of benzene rings is 3. The minimum Gasteiger partial charge on any atom is -0.494 e. The fourth-order valence-corrected chi connectivity index (χ4v) is 6.02. The number of carbonyl (C=O) groups excluding carboxylic acids is 2. The van der Waals surface area contributed by atoms with E-state index in [0.717, 1.165) is 44.0 Å². The summed E-state index contributed by atoms with van der Waals surface area (Å²) in [6, 6.07) is 21.4. The Hall–Kier alpha value is -3.66. The number of fused-ring (bicyclic) bond motifs is 2. The zero-order valence-electron chi connectivity index (χ0n) is 22.8. The maximum absolute atomic E-state index is 12.9. The topological polar surface area (TPSA) is 83.6 Å². The van der Waals surface area contributed by atoms with Crippen LogP contribution in [0, 0.1) is 0 Å². The quantitative estimate of drug-likeness (QED) is 0.209. The molecule has 1 aromatic heterocycles. The predicted molar refractivity (Wildman–Crippen MR) is 162 cm³/mol. The number of thiazole rings is 1. The van der Waals surface area contributed by atoms with Gasteiger partial charge in [-0.15, -0.1) is 11.3 Å². The highest BCUT2D eigenvalue weighted by molar-refractivity contribution is 7.99. The van der Waals surface area contributed by atoms with Crippen molar-refractivity contribution >= 4 is 40.6 Å². The van der Waals surface area contributed by atoms with E-state index in [4.69, 9.17) is 4.74 Å². The van der Waals surface area contributed by atoms with Gasteiger partial charge >= 0.3 is 0 Å². The first-order valence-corrected chi connectivity index (χ1v) is 14.9. The second kappa shape index (κ2) is 12.7. The lowest BCUT2D eigenvalue weighted by molar-refractivity contribution is 0.0949. The van der Waals surface area contributed by atoms with E-state index in [0.29, 0.717) is 36.0 Å². The molecule has 0 bridgehead atoms. The van der Waals surface area contributed by atoms with Crippen LogP contribution >= 0.6 is 23.1 Å². The highest BCUT2D eigenvalue weighted by atomic mass is 32.2. The number of carbonyl (C=O) groups is 2. The van der Waals surface area contributed by atoms with Crippen LogP contribution in [0.15, 0.2) is 82.7 Å². The van der Waals surface area contributed by atoms with Crippen LogP contribution in [0.5, 0.6) is 5.75 Å². The van der Waals surface area contributed by atoms with E-state index in [1.54, 1.807) is 35.7 Å². The second-order valence-corrected chi connectivity index (χ2v) is 12.1. The number of anilines is 1. The molecule has 0 radical (unpaired) electrons. The van der Waals surface area contributed by atoms with E-state index < -0.39 is 0 Å². The Morgan fingerprint density at radius 1 is 1.07 bits per heavy atom. The molecule has 0 saturated carbocycles. The number of ether oxygens (including phenoxy) is 1. The molecule has 0 aliphatic carbocycles. The van der Waals surface area contributed by atoms with Crippen molar-refractivity contribution in [3.05, 3.63) is 88.9 Å². The Bertz CT molecular complexity index is 1500. The molecule has 1 aliphatic rings. The average molecular weight is 573 g/mol. The molecule has 0 spiro atoms. The molecule has 206 valence electrons. The third-order valence-corrected chi connectivity index (χ3v) is 8.92. The van der Waals surface area contributed by atoms with Gasteiger partial charge in [0.15, 0.2) is 0 Å². The number of hydrogen-bond donors (Lipinski definition) is 2. The lowest BCUT2D eigenvalue weighted by Gasteiger charge is -2.20. The third kappa shape index (κ3) is 6.72. The van der Waals surface area contributed by atoms with E-state index in [9.17, 15) is 9.59 Å². The maximum atomic E-state index is 12.9. The van der Waals surface area contributed by atoms with Crippen molar-refractivity contribution < 1.29 is 14.3 Å². The molecule has 5 rings (SSSR count). The van der Waals surface area contributed by atoms with E-state index in [-0.39, 0.29) is 11.8 Å². The van der Waals surface area contributed by atoms with E-state index in [1.165, 1.54) is 11.8 Å². The smallest absolute Gasteiger partial charge is 0.256 e. The molecule has 40 heavy (non-hydrogen) atoms. The van der Waals surface area contributed by atoms with Crippen molar-refractivity contribution in [2.45, 2.75) is 42.6 Å². The predicted octanol–water partition coefficient (Wildman–Crippen LogP) is 6.57. The molecular formula is C31H32N4O3S2. The molecule has 0 unspecified atom stereocenters. The molecule has 2 heterocycles. The van der Waals surface area contributed by atoms with Gasteiger partial charge in [0.25, 0.3) is 11.8 Å². The lowest BCUT2D eigenvalue weighted by Crippen LogP contribution is -2.28. The van der Waals surface area contributed by atoms with E-state index in [1.807, 2.05) is 48.5 Å². The van der Waals surface area contributed by atoms with Gasteiger partial charge in [-0.05, 0) is 81.9 Å². The van der Waals surface area contributed by atoms with Gasteiger partial charge in [-0.2, -0.15) is 0 Å². The second-order valence-electron chi connectivity index (χ2n) is 9.88. The standard InChI is InChI=1S/C31H32N4O3S2/c1-20(2)35(3)15-6-16-38-23-12-9-21(10-13-23)31-33-19-24(39-31)18-32-29(36)22-11-14-28-26(17-22)34-30(37)25-7-4-5-8-27(25)40-28/h4-5,7-14,17,19-20H,6,15-16,18H2,1-3H3,(H,32,36)(H,34,37). The van der Waals surface area contributed by atoms with Gasteiger partial charge in [0.2, 0.25) is 0 Å². The first-order chi connectivity index (χ1) is 19.4. The molecule has 3 aromatic carbocycles. The number of hydrogen-bond acceptors (Lipinski definition) is 7. The summed E-state index contributed by atoms with van der Waals surface area (Å²) < 4.78 is 5.89. The summed E-state index contributed by atoms with van der Waals surface area (Å²) in [4.78, 5) is 35.2. The monoisotopic (exact) mass is 572 g/mol. The molecule has 2 N–H and O–H groups in total. The summed E-state index contributed by atoms with van der Waals surface area (Å²) in [7, 11) is 2.13. The molecule has 7 nitrogen and oxygen atoms in total. The molecule has 4 aromatic rings. The summed E-state index contributed by atoms with van der Waals surface area (Å²) in [5, 5.41) is 6.80. The zero-order chi connectivity index (χ0) is 28.1. The Morgan fingerprint density at radius 3 is 2.67 bits per heavy atom. The Morgan fingerprint density at radius 2 is 1.88 bits per heavy atom. The maximum Gasteiger partial charge on any atom is 0.256 e. The molecule has 9 heteroatoms. The van der Waals surface area contributed by atoms with E-state index >= 15 is 0 Å². The number of nitrogens with zero attached hydrogens (tertiary/aromatic N) is 2.